The molecule has 4 aromatic rings. The van der Waals surface area contributed by atoms with E-state index in [4.69, 9.17) is 4.98 Å². The van der Waals surface area contributed by atoms with Crippen molar-refractivity contribution in [2.24, 2.45) is 0 Å². The van der Waals surface area contributed by atoms with Gasteiger partial charge in [-0.25, -0.2) is 4.98 Å². The van der Waals surface area contributed by atoms with Crippen molar-refractivity contribution in [3.8, 4) is 0 Å². The Balaban J connectivity index is 1.84. The summed E-state index contributed by atoms with van der Waals surface area (Å²) < 4.78 is 1.58. The number of rotatable bonds is 7. The Morgan fingerprint density at radius 1 is 0.967 bits per heavy atom. The van der Waals surface area contributed by atoms with Crippen molar-refractivity contribution in [1.29, 1.82) is 0 Å². The van der Waals surface area contributed by atoms with Gasteiger partial charge in [0.15, 0.2) is 10.9 Å². The molecular formula is C25H20N2O2S. The number of benzene rings is 3. The lowest BCUT2D eigenvalue weighted by Gasteiger charge is -2.18. The van der Waals surface area contributed by atoms with Crippen molar-refractivity contribution in [2.75, 3.05) is 0 Å². The minimum absolute atomic E-state index is 0.0284. The van der Waals surface area contributed by atoms with Crippen LogP contribution in [0, 0.1) is 0 Å². The predicted molar refractivity (Wildman–Crippen MR) is 122 cm³/mol. The summed E-state index contributed by atoms with van der Waals surface area (Å²) >= 11 is 1.29. The number of nitrogens with zero attached hydrogens (tertiary/aromatic N) is 2. The zero-order valence-electron chi connectivity index (χ0n) is 16.3. The van der Waals surface area contributed by atoms with Crippen LogP contribution in [0.5, 0.6) is 0 Å². The Kier molecular flexibility index (Phi) is 5.91. The molecule has 0 saturated carbocycles. The predicted octanol–water partition coefficient (Wildman–Crippen LogP) is 5.30. The summed E-state index contributed by atoms with van der Waals surface area (Å²) in [5.41, 5.74) is 1.97. The molecule has 1 heterocycles. The van der Waals surface area contributed by atoms with Crippen molar-refractivity contribution >= 4 is 28.4 Å². The van der Waals surface area contributed by atoms with Crippen molar-refractivity contribution in [2.45, 2.75) is 17.0 Å². The van der Waals surface area contributed by atoms with Gasteiger partial charge in [-0.3, -0.25) is 14.2 Å². The first-order chi connectivity index (χ1) is 14.7. The fraction of sp³-hybridized carbons (Fsp3) is 0.0800. The van der Waals surface area contributed by atoms with E-state index in [9.17, 15) is 9.59 Å². The van der Waals surface area contributed by atoms with Gasteiger partial charge < -0.3 is 0 Å². The highest BCUT2D eigenvalue weighted by molar-refractivity contribution is 8.00. The lowest BCUT2D eigenvalue weighted by Crippen LogP contribution is -2.23. The molecule has 1 atom stereocenters. The number of aromatic nitrogens is 2. The molecule has 0 bridgehead atoms. The third-order valence-corrected chi connectivity index (χ3v) is 6.00. The van der Waals surface area contributed by atoms with Gasteiger partial charge in [0.2, 0.25) is 0 Å². The Morgan fingerprint density at radius 2 is 1.60 bits per heavy atom. The van der Waals surface area contributed by atoms with Gasteiger partial charge >= 0.3 is 0 Å². The molecule has 5 heteroatoms. The molecule has 0 N–H and O–H groups in total. The van der Waals surface area contributed by atoms with Gasteiger partial charge in [0.25, 0.3) is 5.56 Å². The van der Waals surface area contributed by atoms with Crippen molar-refractivity contribution in [3.63, 3.8) is 0 Å². The summed E-state index contributed by atoms with van der Waals surface area (Å²) in [5.74, 6) is -0.0284. The molecular weight excluding hydrogens is 392 g/mol. The number of para-hydroxylation sites is 1. The second-order valence-electron chi connectivity index (χ2n) is 6.75. The molecule has 0 spiro atoms. The zero-order chi connectivity index (χ0) is 20.9. The van der Waals surface area contributed by atoms with E-state index >= 15 is 0 Å². The fourth-order valence-electron chi connectivity index (χ4n) is 3.29. The highest BCUT2D eigenvalue weighted by Crippen LogP contribution is 2.37. The molecule has 0 unspecified atom stereocenters. The second-order valence-corrected chi connectivity index (χ2v) is 7.83. The molecule has 3 aromatic carbocycles. The Morgan fingerprint density at radius 3 is 2.30 bits per heavy atom. The van der Waals surface area contributed by atoms with Crippen molar-refractivity contribution in [3.05, 3.63) is 119 Å². The molecule has 30 heavy (non-hydrogen) atoms. The number of ketones is 1. The van der Waals surface area contributed by atoms with E-state index < -0.39 is 5.25 Å². The van der Waals surface area contributed by atoms with Crippen molar-refractivity contribution in [1.82, 2.24) is 9.55 Å². The maximum absolute atomic E-state index is 13.4. The lowest BCUT2D eigenvalue weighted by molar-refractivity contribution is 0.0989. The molecule has 0 fully saturated rings. The SMILES string of the molecule is C=CCn1c(S[C@H](C(=O)c2ccccc2)c2ccccc2)nc2ccccc2c1=O. The summed E-state index contributed by atoms with van der Waals surface area (Å²) in [5, 5.41) is 0.517. The summed E-state index contributed by atoms with van der Waals surface area (Å²) in [6.07, 6.45) is 1.67. The van der Waals surface area contributed by atoms with Crippen LogP contribution in [0.3, 0.4) is 0 Å². The molecule has 1 aromatic heterocycles. The van der Waals surface area contributed by atoms with Crippen LogP contribution in [0.4, 0.5) is 0 Å². The Bertz CT molecular complexity index is 1250. The number of allylic oxidation sites excluding steroid dienone is 1. The van der Waals surface area contributed by atoms with E-state index in [0.717, 1.165) is 5.56 Å². The molecule has 0 saturated heterocycles. The first kappa shape index (κ1) is 19.9. The van der Waals surface area contributed by atoms with Crippen LogP contribution in [0.25, 0.3) is 10.9 Å². The van der Waals surface area contributed by atoms with Gasteiger partial charge in [-0.2, -0.15) is 0 Å². The molecule has 4 nitrogen and oxygen atoms in total. The summed E-state index contributed by atoms with van der Waals surface area (Å²) in [6.45, 7) is 4.09. The maximum Gasteiger partial charge on any atom is 0.262 e. The van der Waals surface area contributed by atoms with Crippen LogP contribution >= 0.6 is 11.8 Å². The number of fused-ring (bicyclic) bond motifs is 1. The van der Waals surface area contributed by atoms with E-state index in [0.29, 0.717) is 28.2 Å². The number of carbonyl (C=O) groups excluding carboxylic acids is 1. The van der Waals surface area contributed by atoms with E-state index in [2.05, 4.69) is 6.58 Å². The monoisotopic (exact) mass is 412 g/mol. The summed E-state index contributed by atoms with van der Waals surface area (Å²) in [6, 6.07) is 26.0. The number of hydrogen-bond donors (Lipinski definition) is 0. The molecule has 0 aliphatic carbocycles. The highest BCUT2D eigenvalue weighted by Gasteiger charge is 2.26. The van der Waals surface area contributed by atoms with Crippen LogP contribution in [0.1, 0.15) is 21.2 Å². The van der Waals surface area contributed by atoms with Crippen molar-refractivity contribution < 1.29 is 4.79 Å². The molecule has 4 rings (SSSR count). The first-order valence-electron chi connectivity index (χ1n) is 9.60. The van der Waals surface area contributed by atoms with Crippen LogP contribution in [-0.4, -0.2) is 15.3 Å². The molecule has 0 aliphatic heterocycles. The van der Waals surface area contributed by atoms with E-state index in [1.807, 2.05) is 78.9 Å². The fourth-order valence-corrected chi connectivity index (χ4v) is 4.47. The standard InChI is InChI=1S/C25H20N2O2S/c1-2-17-27-24(29)20-15-9-10-16-21(20)26-25(27)30-23(19-13-7-4-8-14-19)22(28)18-11-5-3-6-12-18/h2-16,23H,1,17H2/t23-/m0/s1. The topological polar surface area (TPSA) is 52.0 Å². The van der Waals surface area contributed by atoms with E-state index in [1.54, 1.807) is 16.7 Å². The normalized spacial score (nSPS) is 11.9. The largest absolute Gasteiger partial charge is 0.293 e. The number of Topliss-reactive ketones (excluding diaryl/α,β-unsaturated/α-hetero) is 1. The van der Waals surface area contributed by atoms with E-state index in [1.165, 1.54) is 11.8 Å². The van der Waals surface area contributed by atoms with Crippen LogP contribution in [-0.2, 0) is 6.54 Å². The van der Waals surface area contributed by atoms with Crippen LogP contribution < -0.4 is 5.56 Å². The van der Waals surface area contributed by atoms with Crippen LogP contribution in [0.2, 0.25) is 0 Å². The molecule has 0 amide bonds. The highest BCUT2D eigenvalue weighted by atomic mass is 32.2. The van der Waals surface area contributed by atoms with Crippen LogP contribution in [0.15, 0.2) is 108 Å². The summed E-state index contributed by atoms with van der Waals surface area (Å²) in [4.78, 5) is 31.2. The summed E-state index contributed by atoms with van der Waals surface area (Å²) in [7, 11) is 0. The minimum atomic E-state index is -0.530. The molecule has 0 radical (unpaired) electrons. The number of hydrogen-bond acceptors (Lipinski definition) is 4. The third-order valence-electron chi connectivity index (χ3n) is 4.76. The molecule has 0 aliphatic rings. The smallest absolute Gasteiger partial charge is 0.262 e. The van der Waals surface area contributed by atoms with Gasteiger partial charge in [0, 0.05) is 12.1 Å². The average Bonchev–Trinajstić information content (AvgIpc) is 2.80. The first-order valence-corrected chi connectivity index (χ1v) is 10.5. The van der Waals surface area contributed by atoms with E-state index in [-0.39, 0.29) is 11.3 Å². The van der Waals surface area contributed by atoms with Gasteiger partial charge in [-0.1, -0.05) is 90.6 Å². The second kappa shape index (κ2) is 8.93. The van der Waals surface area contributed by atoms with Gasteiger partial charge in [0.1, 0.15) is 5.25 Å². The van der Waals surface area contributed by atoms with Gasteiger partial charge in [-0.15, -0.1) is 6.58 Å². The average molecular weight is 413 g/mol. The van der Waals surface area contributed by atoms with Gasteiger partial charge in [0.05, 0.1) is 10.9 Å². The molecule has 148 valence electrons. The number of thioether (sulfide) groups is 1. The third kappa shape index (κ3) is 3.98. The number of carbonyl (C=O) groups is 1. The maximum atomic E-state index is 13.4. The Hall–Kier alpha value is -3.44. The quantitative estimate of drug-likeness (QED) is 0.179. The minimum Gasteiger partial charge on any atom is -0.293 e. The lowest BCUT2D eigenvalue weighted by atomic mass is 10.0. The zero-order valence-corrected chi connectivity index (χ0v) is 17.1. The van der Waals surface area contributed by atoms with Gasteiger partial charge in [-0.05, 0) is 17.7 Å². The Labute approximate surface area is 178 Å².